The monoisotopic (exact) mass is 541 g/mol. The lowest BCUT2D eigenvalue weighted by molar-refractivity contribution is -0.145. The summed E-state index contributed by atoms with van der Waals surface area (Å²) in [4.78, 5) is 23.2. The first kappa shape index (κ1) is 39.1. The quantitative estimate of drug-likeness (QED) is 0.0808. The van der Waals surface area contributed by atoms with Gasteiger partial charge in [0.05, 0.1) is 13.2 Å². The van der Waals surface area contributed by atoms with Gasteiger partial charge in [-0.15, -0.1) is 0 Å². The van der Waals surface area contributed by atoms with Crippen LogP contribution in [0.1, 0.15) is 183 Å². The van der Waals surface area contributed by atoms with Crippen LogP contribution < -0.4 is 0 Å². The zero-order chi connectivity index (χ0) is 28.7. The lowest BCUT2D eigenvalue weighted by Crippen LogP contribution is -2.06. The van der Waals surface area contributed by atoms with Crippen molar-refractivity contribution >= 4 is 11.9 Å². The third-order valence-electron chi connectivity index (χ3n) is 6.85. The first-order valence-corrected chi connectivity index (χ1v) is 16.6. The molecule has 0 aliphatic carbocycles. The van der Waals surface area contributed by atoms with Gasteiger partial charge >= 0.3 is 11.9 Å². The number of hydrogen-bond acceptors (Lipinski definition) is 4. The topological polar surface area (TPSA) is 52.6 Å². The van der Waals surface area contributed by atoms with Gasteiger partial charge in [-0.2, -0.15) is 0 Å². The highest BCUT2D eigenvalue weighted by atomic mass is 16.5. The molecule has 0 radical (unpaired) electrons. The van der Waals surface area contributed by atoms with E-state index < -0.39 is 0 Å². The highest BCUT2D eigenvalue weighted by Gasteiger charge is 2.04. The Morgan fingerprint density at radius 1 is 0.447 bits per heavy atom. The van der Waals surface area contributed by atoms with E-state index in [1.807, 2.05) is 0 Å². The van der Waals surface area contributed by atoms with Gasteiger partial charge in [-0.25, -0.2) is 0 Å². The second-order valence-corrected chi connectivity index (χ2v) is 12.0. The molecule has 0 unspecified atom stereocenters. The Kier molecular flexibility index (Phi) is 33.1. The molecule has 228 valence electrons. The summed E-state index contributed by atoms with van der Waals surface area (Å²) in [6.45, 7) is 14.6. The van der Waals surface area contributed by atoms with E-state index in [-0.39, 0.29) is 11.9 Å². The molecule has 4 heteroatoms. The molecular formula is C34H68O4. The number of carbonyl (C=O) groups excluding carboxylic acids is 2. The molecule has 0 aromatic carbocycles. The van der Waals surface area contributed by atoms with Gasteiger partial charge < -0.3 is 9.47 Å². The zero-order valence-electron chi connectivity index (χ0n) is 26.8. The van der Waals surface area contributed by atoms with Crippen molar-refractivity contribution in [3.8, 4) is 0 Å². The molecule has 0 atom stereocenters. The second kappa shape index (κ2) is 32.2. The predicted octanol–water partition coefficient (Wildman–Crippen LogP) is 11.0. The van der Waals surface area contributed by atoms with Gasteiger partial charge in [-0.1, -0.05) is 131 Å². The molecule has 0 amide bonds. The lowest BCUT2D eigenvalue weighted by atomic mass is 10.0. The maximum absolute atomic E-state index is 11.7. The second-order valence-electron chi connectivity index (χ2n) is 12.0. The summed E-state index contributed by atoms with van der Waals surface area (Å²) in [5.41, 5.74) is 0. The summed E-state index contributed by atoms with van der Waals surface area (Å²) >= 11 is 0. The van der Waals surface area contributed by atoms with Crippen LogP contribution in [0.15, 0.2) is 0 Å². The van der Waals surface area contributed by atoms with Crippen LogP contribution in [0, 0.1) is 11.8 Å². The Balaban J connectivity index is 0. The van der Waals surface area contributed by atoms with E-state index >= 15 is 0 Å². The Hall–Kier alpha value is -1.06. The average molecular weight is 541 g/mol. The largest absolute Gasteiger partial charge is 0.466 e. The number of hydrogen-bond donors (Lipinski definition) is 0. The third kappa shape index (κ3) is 37.1. The van der Waals surface area contributed by atoms with Crippen LogP contribution in [0.3, 0.4) is 0 Å². The van der Waals surface area contributed by atoms with Crippen molar-refractivity contribution in [2.24, 2.45) is 11.8 Å². The number of unbranched alkanes of at least 4 members (excludes halogenated alkanes) is 14. The summed E-state index contributed by atoms with van der Waals surface area (Å²) in [6, 6.07) is 0. The van der Waals surface area contributed by atoms with Crippen molar-refractivity contribution in [3.63, 3.8) is 0 Å². The molecule has 0 aromatic heterocycles. The molecule has 0 heterocycles. The Morgan fingerprint density at radius 3 is 1.18 bits per heavy atom. The zero-order valence-corrected chi connectivity index (χ0v) is 26.8. The summed E-state index contributed by atoms with van der Waals surface area (Å²) in [6.07, 6.45) is 25.1. The third-order valence-corrected chi connectivity index (χ3v) is 6.85. The SMILES string of the molecule is CCCCCC(=O)OCCCCCCOC(=O)CCCCCCCCCC(C)C.CCCCCCC(C)C. The van der Waals surface area contributed by atoms with Crippen LogP contribution in [0.5, 0.6) is 0 Å². The molecule has 0 spiro atoms. The minimum absolute atomic E-state index is 0.0528. The molecule has 0 aliphatic rings. The molecule has 38 heavy (non-hydrogen) atoms. The van der Waals surface area contributed by atoms with E-state index in [9.17, 15) is 9.59 Å². The fraction of sp³-hybridized carbons (Fsp3) is 0.941. The van der Waals surface area contributed by atoms with E-state index in [1.54, 1.807) is 0 Å². The Labute approximate surface area is 238 Å². The van der Waals surface area contributed by atoms with Crippen molar-refractivity contribution in [2.45, 2.75) is 183 Å². The van der Waals surface area contributed by atoms with Crippen LogP contribution in [0.2, 0.25) is 0 Å². The highest BCUT2D eigenvalue weighted by molar-refractivity contribution is 5.69. The van der Waals surface area contributed by atoms with Gasteiger partial charge in [0.2, 0.25) is 0 Å². The molecule has 0 aromatic rings. The molecule has 0 N–H and O–H groups in total. The van der Waals surface area contributed by atoms with Crippen molar-refractivity contribution < 1.29 is 19.1 Å². The molecule has 4 nitrogen and oxygen atoms in total. The predicted molar refractivity (Wildman–Crippen MR) is 165 cm³/mol. The van der Waals surface area contributed by atoms with Crippen molar-refractivity contribution in [2.75, 3.05) is 13.2 Å². The Bertz CT molecular complexity index is 487. The maximum atomic E-state index is 11.7. The molecule has 0 fully saturated rings. The van der Waals surface area contributed by atoms with Crippen molar-refractivity contribution in [3.05, 3.63) is 0 Å². The van der Waals surface area contributed by atoms with E-state index in [0.717, 1.165) is 69.6 Å². The van der Waals surface area contributed by atoms with Gasteiger partial charge in [0.25, 0.3) is 0 Å². The molecular weight excluding hydrogens is 472 g/mol. The normalized spacial score (nSPS) is 10.9. The number of esters is 2. The van der Waals surface area contributed by atoms with Crippen molar-refractivity contribution in [1.82, 2.24) is 0 Å². The summed E-state index contributed by atoms with van der Waals surface area (Å²) < 4.78 is 10.5. The lowest BCUT2D eigenvalue weighted by Gasteiger charge is -2.06. The van der Waals surface area contributed by atoms with Gasteiger partial charge in [0.15, 0.2) is 0 Å². The van der Waals surface area contributed by atoms with Crippen LogP contribution in [-0.4, -0.2) is 25.2 Å². The van der Waals surface area contributed by atoms with Gasteiger partial charge in [-0.3, -0.25) is 9.59 Å². The van der Waals surface area contributed by atoms with Crippen LogP contribution in [-0.2, 0) is 19.1 Å². The maximum Gasteiger partial charge on any atom is 0.305 e. The molecule has 0 rings (SSSR count). The van der Waals surface area contributed by atoms with E-state index in [4.69, 9.17) is 9.47 Å². The Morgan fingerprint density at radius 2 is 0.763 bits per heavy atom. The van der Waals surface area contributed by atoms with E-state index in [2.05, 4.69) is 41.5 Å². The number of carbonyl (C=O) groups is 2. The molecule has 0 aliphatic heterocycles. The number of rotatable bonds is 26. The van der Waals surface area contributed by atoms with Crippen molar-refractivity contribution in [1.29, 1.82) is 0 Å². The highest BCUT2D eigenvalue weighted by Crippen LogP contribution is 2.13. The summed E-state index contributed by atoms with van der Waals surface area (Å²) in [5.74, 6) is 1.61. The van der Waals surface area contributed by atoms with E-state index in [1.165, 1.54) is 70.6 Å². The average Bonchev–Trinajstić information content (AvgIpc) is 2.87. The summed E-state index contributed by atoms with van der Waals surface area (Å²) in [5, 5.41) is 0. The standard InChI is InChI=1S/C25H48O4.C9H20/c1-4-5-13-19-24(26)28-21-16-11-12-17-22-29-25(27)20-15-10-8-6-7-9-14-18-23(2)3;1-4-5-6-7-8-9(2)3/h23H,4-22H2,1-3H3;9H,4-8H2,1-3H3. The first-order chi connectivity index (χ1) is 18.3. The first-order valence-electron chi connectivity index (χ1n) is 16.6. The fourth-order valence-electron chi connectivity index (χ4n) is 4.28. The van der Waals surface area contributed by atoms with Crippen LogP contribution in [0.25, 0.3) is 0 Å². The molecule has 0 saturated carbocycles. The van der Waals surface area contributed by atoms with Crippen LogP contribution in [0.4, 0.5) is 0 Å². The minimum atomic E-state index is -0.0708. The summed E-state index contributed by atoms with van der Waals surface area (Å²) in [7, 11) is 0. The smallest absolute Gasteiger partial charge is 0.305 e. The van der Waals surface area contributed by atoms with Gasteiger partial charge in [0, 0.05) is 12.8 Å². The van der Waals surface area contributed by atoms with E-state index in [0.29, 0.717) is 26.1 Å². The molecule has 0 saturated heterocycles. The van der Waals surface area contributed by atoms with Gasteiger partial charge in [-0.05, 0) is 50.4 Å². The number of ether oxygens (including phenoxy) is 2. The van der Waals surface area contributed by atoms with Gasteiger partial charge in [0.1, 0.15) is 0 Å². The van der Waals surface area contributed by atoms with Crippen LogP contribution >= 0.6 is 0 Å². The minimum Gasteiger partial charge on any atom is -0.466 e. The molecule has 0 bridgehead atoms. The fourth-order valence-corrected chi connectivity index (χ4v) is 4.28.